The van der Waals surface area contributed by atoms with Gasteiger partial charge in [0.1, 0.15) is 22.8 Å². The molecule has 36 heavy (non-hydrogen) atoms. The number of primary amides is 1. The van der Waals surface area contributed by atoms with Crippen molar-refractivity contribution in [1.82, 2.24) is 4.90 Å². The number of benzene rings is 1. The van der Waals surface area contributed by atoms with Crippen LogP contribution in [0.5, 0.6) is 5.75 Å². The van der Waals surface area contributed by atoms with E-state index in [1.54, 1.807) is 33.1 Å². The first kappa shape index (κ1) is 25.4. The van der Waals surface area contributed by atoms with E-state index in [1.807, 2.05) is 0 Å². The molecule has 4 atom stereocenters. The smallest absolute Gasteiger partial charge is 0.255 e. The largest absolute Gasteiger partial charge is 0.510 e. The molecule has 6 N–H and O–H groups in total. The number of rotatable bonds is 4. The Morgan fingerprint density at radius 1 is 1.11 bits per heavy atom. The molecule has 3 aliphatic rings. The Labute approximate surface area is 207 Å². The zero-order valence-corrected chi connectivity index (χ0v) is 20.6. The molecule has 1 aromatic carbocycles. The Balaban J connectivity index is 2.01. The molecule has 0 spiro atoms. The van der Waals surface area contributed by atoms with Crippen molar-refractivity contribution in [3.8, 4) is 5.75 Å². The van der Waals surface area contributed by atoms with Crippen molar-refractivity contribution in [3.63, 3.8) is 0 Å². The first-order valence-corrected chi connectivity index (χ1v) is 11.4. The number of hydrogen-bond acceptors (Lipinski definition) is 10. The summed E-state index contributed by atoms with van der Waals surface area (Å²) in [4.78, 5) is 54.5. The molecule has 0 unspecified atom stereocenters. The summed E-state index contributed by atoms with van der Waals surface area (Å²) in [7, 11) is 6.58. The Morgan fingerprint density at radius 3 is 2.22 bits per heavy atom. The minimum absolute atomic E-state index is 0.00610. The van der Waals surface area contributed by atoms with Gasteiger partial charge in [-0.3, -0.25) is 24.1 Å². The fourth-order valence-electron chi connectivity index (χ4n) is 5.97. The number of hydrogen-bond donors (Lipinski definition) is 5. The van der Waals surface area contributed by atoms with Crippen LogP contribution in [-0.4, -0.2) is 88.4 Å². The average Bonchev–Trinajstić information content (AvgIpc) is 2.75. The molecule has 0 saturated carbocycles. The minimum atomic E-state index is -2.71. The molecule has 3 aliphatic carbocycles. The van der Waals surface area contributed by atoms with Crippen molar-refractivity contribution in [2.45, 2.75) is 31.4 Å². The number of phenols is 1. The second-order valence-electron chi connectivity index (χ2n) is 10.1. The van der Waals surface area contributed by atoms with Crippen molar-refractivity contribution in [3.05, 3.63) is 45.4 Å². The van der Waals surface area contributed by atoms with Crippen LogP contribution in [0.25, 0.3) is 0 Å². The second kappa shape index (κ2) is 8.17. The topological polar surface area (TPSA) is 182 Å². The number of carbonyl (C=O) groups excluding carboxylic acids is 4. The number of phenolic OH excluding ortho intramolecular Hbond substituents is 1. The van der Waals surface area contributed by atoms with Crippen molar-refractivity contribution in [2.75, 3.05) is 33.1 Å². The average molecular weight is 500 g/mol. The Kier molecular flexibility index (Phi) is 5.76. The van der Waals surface area contributed by atoms with Crippen molar-refractivity contribution >= 4 is 28.9 Å². The number of fused-ring (bicyclic) bond motifs is 3. The lowest BCUT2D eigenvalue weighted by Crippen LogP contribution is -2.63. The monoisotopic (exact) mass is 499 g/mol. The van der Waals surface area contributed by atoms with Gasteiger partial charge >= 0.3 is 0 Å². The van der Waals surface area contributed by atoms with Crippen LogP contribution in [0.4, 0.5) is 5.69 Å². The number of nitrogens with zero attached hydrogens (tertiary/aromatic N) is 2. The van der Waals surface area contributed by atoms with Gasteiger partial charge in [-0.2, -0.15) is 0 Å². The number of aliphatic hydroxyl groups is 3. The van der Waals surface area contributed by atoms with Crippen LogP contribution < -0.4 is 10.6 Å². The molecule has 11 heteroatoms. The third-order valence-electron chi connectivity index (χ3n) is 7.56. The van der Waals surface area contributed by atoms with Crippen LogP contribution in [0, 0.1) is 11.8 Å². The Hall–Kier alpha value is -3.70. The second-order valence-corrected chi connectivity index (χ2v) is 10.1. The highest BCUT2D eigenvalue weighted by Gasteiger charge is 2.63. The van der Waals surface area contributed by atoms with E-state index in [4.69, 9.17) is 5.73 Å². The molecule has 192 valence electrons. The van der Waals surface area contributed by atoms with Gasteiger partial charge in [-0.15, -0.1) is 0 Å². The zero-order chi connectivity index (χ0) is 27.0. The molecule has 0 radical (unpaired) electrons. The maximum atomic E-state index is 13.8. The van der Waals surface area contributed by atoms with Crippen LogP contribution in [0.2, 0.25) is 0 Å². The summed E-state index contributed by atoms with van der Waals surface area (Å²) in [6.45, 7) is 1.24. The summed E-state index contributed by atoms with van der Waals surface area (Å²) in [6, 6.07) is 0.440. The van der Waals surface area contributed by atoms with Crippen LogP contribution in [0.15, 0.2) is 28.7 Å². The maximum Gasteiger partial charge on any atom is 0.255 e. The molecule has 1 amide bonds. The van der Waals surface area contributed by atoms with E-state index in [0.29, 0.717) is 11.3 Å². The van der Waals surface area contributed by atoms with Crippen molar-refractivity contribution in [2.24, 2.45) is 17.6 Å². The van der Waals surface area contributed by atoms with Gasteiger partial charge in [-0.05, 0) is 51.4 Å². The molecular formula is C25H29N3O8. The van der Waals surface area contributed by atoms with Crippen molar-refractivity contribution in [1.29, 1.82) is 0 Å². The highest BCUT2D eigenvalue weighted by Crippen LogP contribution is 2.53. The van der Waals surface area contributed by atoms with Gasteiger partial charge in [0.05, 0.1) is 17.2 Å². The first-order valence-electron chi connectivity index (χ1n) is 11.4. The quantitative estimate of drug-likeness (QED) is 0.287. The molecule has 0 saturated heterocycles. The predicted molar refractivity (Wildman–Crippen MR) is 128 cm³/mol. The molecule has 0 fully saturated rings. The Morgan fingerprint density at radius 2 is 1.72 bits per heavy atom. The van der Waals surface area contributed by atoms with E-state index in [0.717, 1.165) is 0 Å². The number of Topliss-reactive ketones (excluding diaryl/α,β-unsaturated/α-hetero) is 3. The molecule has 11 nitrogen and oxygen atoms in total. The summed E-state index contributed by atoms with van der Waals surface area (Å²) in [5, 5.41) is 44.6. The fourth-order valence-corrected chi connectivity index (χ4v) is 5.97. The highest BCUT2D eigenvalue weighted by molar-refractivity contribution is 6.25. The summed E-state index contributed by atoms with van der Waals surface area (Å²) in [6.07, 6.45) is 0.141. The molecule has 4 rings (SSSR count). The van der Waals surface area contributed by atoms with E-state index >= 15 is 0 Å². The van der Waals surface area contributed by atoms with Gasteiger partial charge < -0.3 is 31.1 Å². The molecular weight excluding hydrogens is 470 g/mol. The lowest BCUT2D eigenvalue weighted by Gasteiger charge is -2.50. The minimum Gasteiger partial charge on any atom is -0.510 e. The molecule has 1 aromatic rings. The lowest BCUT2D eigenvalue weighted by atomic mass is 9.58. The third-order valence-corrected chi connectivity index (χ3v) is 7.56. The van der Waals surface area contributed by atoms with Crippen LogP contribution >= 0.6 is 0 Å². The number of carbonyl (C=O) groups is 4. The summed E-state index contributed by atoms with van der Waals surface area (Å²) in [5.74, 6) is -7.78. The number of aromatic hydroxyl groups is 1. The van der Waals surface area contributed by atoms with Gasteiger partial charge in [-0.1, -0.05) is 0 Å². The number of allylic oxidation sites excluding steroid dienone is 1. The number of nitrogens with two attached hydrogens (primary N) is 1. The van der Waals surface area contributed by atoms with E-state index in [-0.39, 0.29) is 29.5 Å². The number of amides is 1. The van der Waals surface area contributed by atoms with E-state index < -0.39 is 69.6 Å². The van der Waals surface area contributed by atoms with Crippen molar-refractivity contribution < 1.29 is 39.6 Å². The SMILES string of the molecule is CC(=O)c1cc(N(C)C)c2c(c1O)C(=O)C1=C(O)[C@]3(O)C(=O)C(C(N)=O)=C(O)[C@H](N(C)C)[C@@H]3C[C@@H]1C2. The molecule has 0 heterocycles. The highest BCUT2D eigenvalue weighted by atomic mass is 16.3. The van der Waals surface area contributed by atoms with Gasteiger partial charge in [0.25, 0.3) is 5.91 Å². The summed E-state index contributed by atoms with van der Waals surface area (Å²) < 4.78 is 0. The van der Waals surface area contributed by atoms with E-state index in [9.17, 15) is 39.6 Å². The van der Waals surface area contributed by atoms with E-state index in [1.165, 1.54) is 17.9 Å². The van der Waals surface area contributed by atoms with Gasteiger partial charge in [-0.25, -0.2) is 0 Å². The molecule has 0 aliphatic heterocycles. The van der Waals surface area contributed by atoms with Crippen LogP contribution in [0.3, 0.4) is 0 Å². The summed E-state index contributed by atoms with van der Waals surface area (Å²) in [5.41, 5.74) is 2.21. The predicted octanol–water partition coefficient (Wildman–Crippen LogP) is 0.389. The zero-order valence-electron chi connectivity index (χ0n) is 20.6. The first-order chi connectivity index (χ1) is 16.7. The number of aliphatic hydroxyl groups excluding tert-OH is 2. The Bertz CT molecular complexity index is 1310. The number of anilines is 1. The van der Waals surface area contributed by atoms with Gasteiger partial charge in [0.15, 0.2) is 17.2 Å². The van der Waals surface area contributed by atoms with Gasteiger partial charge in [0, 0.05) is 31.3 Å². The third kappa shape index (κ3) is 3.19. The number of ketones is 3. The van der Waals surface area contributed by atoms with Crippen LogP contribution in [-0.2, 0) is 16.0 Å². The van der Waals surface area contributed by atoms with Gasteiger partial charge in [0.2, 0.25) is 5.78 Å². The normalized spacial score (nSPS) is 27.6. The molecule has 0 bridgehead atoms. The fraction of sp³-hybridized carbons (Fsp3) is 0.440. The maximum absolute atomic E-state index is 13.8. The van der Waals surface area contributed by atoms with E-state index in [2.05, 4.69) is 0 Å². The standard InChI is InChI=1S/C25H29N3O8/c1-9(29)11-8-14(27(2)3)12-6-10-7-13-18(28(4)5)21(32)17(24(26)35)23(34)25(13,36)22(33)15(10)20(31)16(12)19(11)30/h8,10,13,18,30,32-33,36H,6-7H2,1-5H3,(H2,26,35)/t10-,13-,18+,25-/m0/s1. The van der Waals surface area contributed by atoms with Crippen LogP contribution in [0.1, 0.15) is 39.6 Å². The molecule has 0 aromatic heterocycles. The summed E-state index contributed by atoms with van der Waals surface area (Å²) >= 11 is 0. The number of likely N-dealkylation sites (N-methyl/N-ethyl adjacent to an activating group) is 1. The lowest BCUT2D eigenvalue weighted by molar-refractivity contribution is -0.148.